The summed E-state index contributed by atoms with van der Waals surface area (Å²) >= 11 is 0. The third-order valence-electron chi connectivity index (χ3n) is 2.20. The van der Waals surface area contributed by atoms with Crippen molar-refractivity contribution in [1.82, 2.24) is 9.55 Å². The second kappa shape index (κ2) is 4.90. The van der Waals surface area contributed by atoms with Gasteiger partial charge in [-0.05, 0) is 12.8 Å². The number of anilines is 1. The van der Waals surface area contributed by atoms with Crippen LogP contribution in [0.25, 0.3) is 0 Å². The number of nitrogens with zero attached hydrogens (tertiary/aromatic N) is 2. The van der Waals surface area contributed by atoms with Gasteiger partial charge in [0.2, 0.25) is 0 Å². The van der Waals surface area contributed by atoms with Crippen LogP contribution in [0.15, 0.2) is 6.33 Å². The van der Waals surface area contributed by atoms with Crippen molar-refractivity contribution in [2.75, 3.05) is 5.73 Å². The van der Waals surface area contributed by atoms with Gasteiger partial charge >= 0.3 is 0 Å². The molecule has 0 fully saturated rings. The minimum Gasteiger partial charge on any atom is -0.384 e. The van der Waals surface area contributed by atoms with Gasteiger partial charge in [0.05, 0.1) is 12.0 Å². The number of rotatable bonds is 5. The average molecular weight is 181 g/mol. The van der Waals surface area contributed by atoms with Crippen LogP contribution in [0.5, 0.6) is 0 Å². The number of imidazole rings is 1. The quantitative estimate of drug-likeness (QED) is 0.757. The Balaban J connectivity index is 2.62. The molecule has 1 rings (SSSR count). The van der Waals surface area contributed by atoms with E-state index >= 15 is 0 Å². The minimum atomic E-state index is 0.857. The van der Waals surface area contributed by atoms with E-state index < -0.39 is 0 Å². The normalized spacial score (nSPS) is 10.6. The molecule has 0 saturated heterocycles. The molecule has 0 aromatic carbocycles. The lowest BCUT2D eigenvalue weighted by atomic mass is 10.2. The van der Waals surface area contributed by atoms with Crippen molar-refractivity contribution in [3.8, 4) is 0 Å². The zero-order valence-corrected chi connectivity index (χ0v) is 8.58. The molecule has 0 radical (unpaired) electrons. The Kier molecular flexibility index (Phi) is 3.80. The molecule has 1 aromatic rings. The van der Waals surface area contributed by atoms with Crippen molar-refractivity contribution < 1.29 is 0 Å². The number of aromatic nitrogens is 2. The van der Waals surface area contributed by atoms with E-state index in [4.69, 9.17) is 5.73 Å². The van der Waals surface area contributed by atoms with Gasteiger partial charge in [0.15, 0.2) is 0 Å². The van der Waals surface area contributed by atoms with Gasteiger partial charge in [0.1, 0.15) is 5.82 Å². The number of unbranched alkanes of at least 4 members (excludes halogenated alkanes) is 1. The van der Waals surface area contributed by atoms with E-state index in [0.717, 1.165) is 30.9 Å². The van der Waals surface area contributed by atoms with E-state index in [1.54, 1.807) is 0 Å². The van der Waals surface area contributed by atoms with Gasteiger partial charge in [-0.15, -0.1) is 0 Å². The fraction of sp³-hybridized carbons (Fsp3) is 0.700. The fourth-order valence-corrected chi connectivity index (χ4v) is 1.37. The van der Waals surface area contributed by atoms with Crippen LogP contribution in [0.3, 0.4) is 0 Å². The maximum atomic E-state index is 5.93. The van der Waals surface area contributed by atoms with E-state index in [0.29, 0.717) is 0 Å². The van der Waals surface area contributed by atoms with Crippen molar-refractivity contribution in [3.05, 3.63) is 12.0 Å². The average Bonchev–Trinajstić information content (AvgIpc) is 2.46. The molecular weight excluding hydrogens is 162 g/mol. The summed E-state index contributed by atoms with van der Waals surface area (Å²) in [5.41, 5.74) is 6.98. The highest BCUT2D eigenvalue weighted by atomic mass is 15.1. The molecule has 0 bridgehead atoms. The molecule has 1 heterocycles. The van der Waals surface area contributed by atoms with E-state index in [-0.39, 0.29) is 0 Å². The highest BCUT2D eigenvalue weighted by molar-refractivity contribution is 5.35. The highest BCUT2D eigenvalue weighted by Crippen LogP contribution is 2.12. The molecule has 13 heavy (non-hydrogen) atoms. The zero-order chi connectivity index (χ0) is 9.68. The number of nitrogens with two attached hydrogens (primary N) is 1. The minimum absolute atomic E-state index is 0.857. The lowest BCUT2D eigenvalue weighted by molar-refractivity contribution is 0.637. The molecule has 0 unspecified atom stereocenters. The van der Waals surface area contributed by atoms with Crippen LogP contribution in [0.4, 0.5) is 5.82 Å². The van der Waals surface area contributed by atoms with Crippen molar-refractivity contribution in [1.29, 1.82) is 0 Å². The van der Waals surface area contributed by atoms with E-state index in [1.807, 2.05) is 6.33 Å². The lowest BCUT2D eigenvalue weighted by Crippen LogP contribution is -2.03. The van der Waals surface area contributed by atoms with Crippen LogP contribution in [-0.4, -0.2) is 9.55 Å². The van der Waals surface area contributed by atoms with Crippen LogP contribution < -0.4 is 5.73 Å². The molecule has 0 aliphatic rings. The first-order valence-electron chi connectivity index (χ1n) is 5.09. The summed E-state index contributed by atoms with van der Waals surface area (Å²) in [7, 11) is 0. The largest absolute Gasteiger partial charge is 0.384 e. The smallest absolute Gasteiger partial charge is 0.126 e. The van der Waals surface area contributed by atoms with Crippen molar-refractivity contribution in [2.24, 2.45) is 0 Å². The fourth-order valence-electron chi connectivity index (χ4n) is 1.37. The lowest BCUT2D eigenvalue weighted by Gasteiger charge is -2.03. The van der Waals surface area contributed by atoms with Gasteiger partial charge in [-0.3, -0.25) is 0 Å². The predicted octanol–water partition coefficient (Wildman–Crippen LogP) is 2.22. The number of hydrogen-bond acceptors (Lipinski definition) is 2. The summed E-state index contributed by atoms with van der Waals surface area (Å²) in [6.07, 6.45) is 6.32. The summed E-state index contributed by atoms with van der Waals surface area (Å²) < 4.78 is 2.05. The summed E-state index contributed by atoms with van der Waals surface area (Å²) in [4.78, 5) is 4.30. The molecule has 0 spiro atoms. The van der Waals surface area contributed by atoms with E-state index in [9.17, 15) is 0 Å². The van der Waals surface area contributed by atoms with Gasteiger partial charge in [-0.1, -0.05) is 26.7 Å². The maximum absolute atomic E-state index is 5.93. The standard InChI is InChI=1S/C10H19N3/c1-3-5-7-13-8-12-9(6-4-2)10(13)11/h8H,3-7,11H2,1-2H3. The Hall–Kier alpha value is -0.990. The van der Waals surface area contributed by atoms with E-state index in [1.165, 1.54) is 12.8 Å². The predicted molar refractivity (Wildman–Crippen MR) is 55.5 cm³/mol. The number of aryl methyl sites for hydroxylation is 2. The van der Waals surface area contributed by atoms with Crippen LogP contribution >= 0.6 is 0 Å². The molecular formula is C10H19N3. The molecule has 3 heteroatoms. The number of hydrogen-bond donors (Lipinski definition) is 1. The molecule has 0 saturated carbocycles. The van der Waals surface area contributed by atoms with Crippen molar-refractivity contribution in [3.63, 3.8) is 0 Å². The summed E-state index contributed by atoms with van der Waals surface area (Å²) in [5.74, 6) is 0.857. The molecule has 0 aliphatic heterocycles. The van der Waals surface area contributed by atoms with Crippen LogP contribution in [0, 0.1) is 0 Å². The second-order valence-corrected chi connectivity index (χ2v) is 3.37. The summed E-state index contributed by atoms with van der Waals surface area (Å²) in [5, 5.41) is 0. The van der Waals surface area contributed by atoms with Gasteiger partial charge < -0.3 is 10.3 Å². The van der Waals surface area contributed by atoms with Gasteiger partial charge in [0, 0.05) is 6.54 Å². The Bertz CT molecular complexity index is 253. The first-order chi connectivity index (χ1) is 6.29. The van der Waals surface area contributed by atoms with E-state index in [2.05, 4.69) is 23.4 Å². The van der Waals surface area contributed by atoms with Crippen LogP contribution in [0.1, 0.15) is 38.8 Å². The third kappa shape index (κ3) is 2.47. The Labute approximate surface area is 80.0 Å². The molecule has 1 aromatic heterocycles. The molecule has 0 atom stereocenters. The maximum Gasteiger partial charge on any atom is 0.126 e. The Morgan fingerprint density at radius 2 is 2.15 bits per heavy atom. The van der Waals surface area contributed by atoms with Crippen molar-refractivity contribution in [2.45, 2.75) is 46.1 Å². The third-order valence-corrected chi connectivity index (χ3v) is 2.20. The van der Waals surface area contributed by atoms with Crippen molar-refractivity contribution >= 4 is 5.82 Å². The zero-order valence-electron chi connectivity index (χ0n) is 8.58. The summed E-state index contributed by atoms with van der Waals surface area (Å²) in [6, 6.07) is 0. The first kappa shape index (κ1) is 10.1. The highest BCUT2D eigenvalue weighted by Gasteiger charge is 2.04. The summed E-state index contributed by atoms with van der Waals surface area (Å²) in [6.45, 7) is 5.32. The molecule has 0 aliphatic carbocycles. The Morgan fingerprint density at radius 1 is 1.38 bits per heavy atom. The topological polar surface area (TPSA) is 43.8 Å². The number of nitrogen functional groups attached to an aromatic ring is 1. The van der Waals surface area contributed by atoms with Gasteiger partial charge in [0.25, 0.3) is 0 Å². The van der Waals surface area contributed by atoms with Crippen LogP contribution in [-0.2, 0) is 13.0 Å². The Morgan fingerprint density at radius 3 is 2.77 bits per heavy atom. The SMILES string of the molecule is CCCCn1cnc(CCC)c1N. The monoisotopic (exact) mass is 181 g/mol. The second-order valence-electron chi connectivity index (χ2n) is 3.37. The molecule has 3 nitrogen and oxygen atoms in total. The van der Waals surface area contributed by atoms with Gasteiger partial charge in [-0.2, -0.15) is 0 Å². The molecule has 74 valence electrons. The molecule has 0 amide bonds. The van der Waals surface area contributed by atoms with Gasteiger partial charge in [-0.25, -0.2) is 4.98 Å². The van der Waals surface area contributed by atoms with Crippen LogP contribution in [0.2, 0.25) is 0 Å². The molecule has 2 N–H and O–H groups in total. The first-order valence-corrected chi connectivity index (χ1v) is 5.09.